The third-order valence-electron chi connectivity index (χ3n) is 1.11. The van der Waals surface area contributed by atoms with Crippen LogP contribution in [0.15, 0.2) is 30.3 Å². The monoisotopic (exact) mass is 312 g/mol. The molecule has 0 N–H and O–H groups in total. The van der Waals surface area contributed by atoms with Crippen LogP contribution >= 0.6 is 19.8 Å². The summed E-state index contributed by atoms with van der Waals surface area (Å²) >= 11 is 3.62. The molecule has 0 bridgehead atoms. The summed E-state index contributed by atoms with van der Waals surface area (Å²) in [6, 6.07) is 9.95. The zero-order valence-electron chi connectivity index (χ0n) is 6.29. The second-order valence-corrected chi connectivity index (χ2v) is 1.83. The number of hydrogen-bond donors (Lipinski definition) is 0. The summed E-state index contributed by atoms with van der Waals surface area (Å²) in [6.07, 6.45) is 0. The Morgan fingerprint density at radius 3 is 2.27 bits per heavy atom. The molecule has 0 radical (unpaired) electrons. The molecule has 0 aromatic heterocycles. The van der Waals surface area contributed by atoms with Crippen molar-refractivity contribution in [2.24, 2.45) is 0 Å². The molecule has 0 saturated heterocycles. The molecule has 0 spiro atoms. The molecule has 56 valence electrons. The fourth-order valence-electron chi connectivity index (χ4n) is 0.692. The predicted molar refractivity (Wildman–Crippen MR) is 50.6 cm³/mol. The first-order valence-corrected chi connectivity index (χ1v) is 12.2. The van der Waals surface area contributed by atoms with Gasteiger partial charge < -0.3 is 4.74 Å². The van der Waals surface area contributed by atoms with E-state index in [4.69, 9.17) is 0 Å². The topological polar surface area (TPSA) is 9.23 Å². The van der Waals surface area contributed by atoms with Crippen LogP contribution in [-0.4, -0.2) is 0 Å². The Kier molecular flexibility index (Phi) is 9.05. The van der Waals surface area contributed by atoms with Gasteiger partial charge in [-0.05, 0) is 5.56 Å². The van der Waals surface area contributed by atoms with Crippen LogP contribution in [0, 0.1) is 7.11 Å². The van der Waals surface area contributed by atoms with Crippen LogP contribution in [0.1, 0.15) is 5.56 Å². The van der Waals surface area contributed by atoms with Gasteiger partial charge in [0.1, 0.15) is 0 Å². The van der Waals surface area contributed by atoms with E-state index in [1.54, 1.807) is 0 Å². The Labute approximate surface area is 88.4 Å². The van der Waals surface area contributed by atoms with Gasteiger partial charge in [-0.25, -0.2) is 7.11 Å². The van der Waals surface area contributed by atoms with E-state index in [0.717, 1.165) is 5.56 Å². The molecule has 0 atom stereocenters. The van der Waals surface area contributed by atoms with Gasteiger partial charge in [-0.2, -0.15) is 0 Å². The van der Waals surface area contributed by atoms with E-state index >= 15 is 0 Å². The molecular weight excluding hydrogens is 304 g/mol. The summed E-state index contributed by atoms with van der Waals surface area (Å²) in [5, 5.41) is 0. The minimum atomic E-state index is 0.598. The zero-order valence-corrected chi connectivity index (χ0v) is 11.4. The number of benzene rings is 1. The Hall–Kier alpha value is 0.533. The van der Waals surface area contributed by atoms with Gasteiger partial charge >= 0.3 is 34.5 Å². The van der Waals surface area contributed by atoms with Gasteiger partial charge in [0.15, 0.2) is 0 Å². The fraction of sp³-hybridized carbons (Fsp3) is 0.125. The molecule has 3 heteroatoms. The van der Waals surface area contributed by atoms with Crippen molar-refractivity contribution in [2.75, 3.05) is 0 Å². The molecule has 11 heavy (non-hydrogen) atoms. The molecule has 0 fully saturated rings. The van der Waals surface area contributed by atoms with E-state index in [1.807, 2.05) is 30.3 Å². The van der Waals surface area contributed by atoms with Crippen molar-refractivity contribution in [2.45, 2.75) is 6.61 Å². The van der Waals surface area contributed by atoms with Crippen molar-refractivity contribution in [3.63, 3.8) is 0 Å². The Morgan fingerprint density at radius 2 is 1.82 bits per heavy atom. The molecule has 0 aliphatic heterocycles. The van der Waals surface area contributed by atoms with Crippen LogP contribution in [0.3, 0.4) is 0 Å². The third kappa shape index (κ3) is 5.77. The molecule has 0 amide bonds. The molecule has 0 aliphatic rings. The van der Waals surface area contributed by atoms with Gasteiger partial charge in [0.05, 0.1) is 0 Å². The van der Waals surface area contributed by atoms with Crippen LogP contribution < -0.4 is 0 Å². The molecule has 0 unspecified atom stereocenters. The van der Waals surface area contributed by atoms with Gasteiger partial charge in [0.25, 0.3) is 0 Å². The second-order valence-electron chi connectivity index (χ2n) is 1.83. The van der Waals surface area contributed by atoms with Crippen molar-refractivity contribution in [1.82, 2.24) is 0 Å². The Balaban J connectivity index is 0.000000461. The molecule has 1 rings (SSSR count). The van der Waals surface area contributed by atoms with Crippen molar-refractivity contribution in [3.05, 3.63) is 43.0 Å². The Morgan fingerprint density at radius 1 is 1.27 bits per heavy atom. The van der Waals surface area contributed by atoms with E-state index in [0.29, 0.717) is 6.61 Å². The summed E-state index contributed by atoms with van der Waals surface area (Å²) < 4.78 is 4.68. The average molecular weight is 313 g/mol. The maximum absolute atomic E-state index is 4.68. The number of ether oxygens (including phenoxy) is 1. The molecular formula is C8H9IOZn. The maximum atomic E-state index is 4.68. The van der Waals surface area contributed by atoms with Crippen molar-refractivity contribution >= 4 is 19.8 Å². The van der Waals surface area contributed by atoms with Crippen molar-refractivity contribution in [1.29, 1.82) is 0 Å². The molecule has 1 aromatic rings. The number of halogens is 1. The van der Waals surface area contributed by atoms with E-state index in [9.17, 15) is 0 Å². The fourth-order valence-corrected chi connectivity index (χ4v) is 0.692. The first-order valence-electron chi connectivity index (χ1n) is 3.11. The van der Waals surface area contributed by atoms with Crippen molar-refractivity contribution < 1.29 is 19.5 Å². The zero-order chi connectivity index (χ0) is 8.53. The van der Waals surface area contributed by atoms with E-state index in [1.165, 1.54) is 14.8 Å². The van der Waals surface area contributed by atoms with Crippen LogP contribution in [0.25, 0.3) is 0 Å². The van der Waals surface area contributed by atoms with E-state index in [2.05, 4.69) is 31.6 Å². The van der Waals surface area contributed by atoms with Crippen LogP contribution in [-0.2, 0) is 26.1 Å². The molecule has 1 nitrogen and oxygen atoms in total. The third-order valence-corrected chi connectivity index (χ3v) is 1.11. The summed E-state index contributed by atoms with van der Waals surface area (Å²) in [5.74, 6) is 0. The van der Waals surface area contributed by atoms with Gasteiger partial charge in [-0.1, -0.05) is 30.3 Å². The average Bonchev–Trinajstić information content (AvgIpc) is 2.11. The van der Waals surface area contributed by atoms with Gasteiger partial charge in [-0.3, -0.25) is 0 Å². The normalized spacial score (nSPS) is 8.36. The van der Waals surface area contributed by atoms with Crippen molar-refractivity contribution in [3.8, 4) is 0 Å². The number of hydrogen-bond acceptors (Lipinski definition) is 1. The Bertz CT molecular complexity index is 167. The number of rotatable bonds is 2. The summed E-state index contributed by atoms with van der Waals surface area (Å²) in [4.78, 5) is 0. The van der Waals surface area contributed by atoms with Gasteiger partial charge in [0.2, 0.25) is 0 Å². The summed E-state index contributed by atoms with van der Waals surface area (Å²) in [7, 11) is 3.28. The van der Waals surface area contributed by atoms with Crippen LogP contribution in [0.4, 0.5) is 0 Å². The SMILES string of the molecule is [CH2-]OCc1ccccc1.[Zn+][I]. The summed E-state index contributed by atoms with van der Waals surface area (Å²) in [5.41, 5.74) is 1.16. The second kappa shape index (κ2) is 8.63. The standard InChI is InChI=1S/C8H9O.HI.Zn/c1-9-7-8-5-3-2-4-6-8;;/h2-6H,1,7H2;1H;/q-1;;+2/p-1. The van der Waals surface area contributed by atoms with Gasteiger partial charge in [0, 0.05) is 6.61 Å². The first kappa shape index (κ1) is 11.5. The van der Waals surface area contributed by atoms with E-state index in [-0.39, 0.29) is 0 Å². The van der Waals surface area contributed by atoms with Crippen LogP contribution in [0.5, 0.6) is 0 Å². The predicted octanol–water partition coefficient (Wildman–Crippen LogP) is 2.88. The summed E-state index contributed by atoms with van der Waals surface area (Å²) in [6.45, 7) is 0.598. The van der Waals surface area contributed by atoms with E-state index < -0.39 is 0 Å². The van der Waals surface area contributed by atoms with Gasteiger partial charge in [-0.15, -0.1) is 0 Å². The minimum absolute atomic E-state index is 0.598. The van der Waals surface area contributed by atoms with Crippen LogP contribution in [0.2, 0.25) is 0 Å². The quantitative estimate of drug-likeness (QED) is 0.463. The first-order chi connectivity index (χ1) is 5.43. The molecule has 0 heterocycles. The molecule has 0 saturated carbocycles. The molecule has 1 aromatic carbocycles. The molecule has 0 aliphatic carbocycles.